The fourth-order valence-corrected chi connectivity index (χ4v) is 2.54. The van der Waals surface area contributed by atoms with E-state index in [1.165, 1.54) is 16.7 Å². The molecule has 2 rings (SSSR count). The number of hydrogen-bond acceptors (Lipinski definition) is 1. The van der Waals surface area contributed by atoms with Crippen LogP contribution in [0.25, 0.3) is 11.1 Å². The van der Waals surface area contributed by atoms with E-state index in [-0.39, 0.29) is 0 Å². The highest BCUT2D eigenvalue weighted by molar-refractivity contribution is 5.71. The Morgan fingerprint density at radius 1 is 0.842 bits per heavy atom. The van der Waals surface area contributed by atoms with Crippen molar-refractivity contribution in [3.8, 4) is 16.9 Å². The Balaban J connectivity index is 2.61. The fraction of sp³-hybridized carbons (Fsp3) is 0.333. The third kappa shape index (κ3) is 2.81. The molecule has 0 saturated carbocycles. The zero-order chi connectivity index (χ0) is 13.8. The van der Waals surface area contributed by atoms with Gasteiger partial charge in [-0.15, -0.1) is 0 Å². The summed E-state index contributed by atoms with van der Waals surface area (Å²) in [5.74, 6) is 0.403. The fourth-order valence-electron chi connectivity index (χ4n) is 2.54. The quantitative estimate of drug-likeness (QED) is 0.835. The Kier molecular flexibility index (Phi) is 4.26. The molecule has 19 heavy (non-hydrogen) atoms. The molecular weight excluding hydrogens is 232 g/mol. The van der Waals surface area contributed by atoms with Crippen LogP contribution in [-0.2, 0) is 19.3 Å². The molecule has 1 heteroatoms. The molecule has 2 aromatic rings. The van der Waals surface area contributed by atoms with E-state index >= 15 is 0 Å². The first kappa shape index (κ1) is 13.7. The van der Waals surface area contributed by atoms with Crippen LogP contribution < -0.4 is 0 Å². The van der Waals surface area contributed by atoms with Gasteiger partial charge >= 0.3 is 0 Å². The maximum Gasteiger partial charge on any atom is 0.119 e. The molecule has 0 aliphatic heterocycles. The lowest BCUT2D eigenvalue weighted by Crippen LogP contribution is -1.92. The second kappa shape index (κ2) is 5.92. The first-order valence-corrected chi connectivity index (χ1v) is 7.13. The molecule has 0 aliphatic rings. The van der Waals surface area contributed by atoms with Gasteiger partial charge in [0.15, 0.2) is 0 Å². The molecule has 0 bridgehead atoms. The van der Waals surface area contributed by atoms with E-state index in [4.69, 9.17) is 0 Å². The van der Waals surface area contributed by atoms with Crippen molar-refractivity contribution in [2.24, 2.45) is 0 Å². The number of hydrogen-bond donors (Lipinski definition) is 1. The normalized spacial score (nSPS) is 10.7. The summed E-state index contributed by atoms with van der Waals surface area (Å²) in [5, 5.41) is 10.0. The topological polar surface area (TPSA) is 20.2 Å². The molecule has 0 heterocycles. The number of phenolic OH excluding ortho intramolecular Hbond substituents is 1. The highest BCUT2D eigenvalue weighted by Gasteiger charge is 2.09. The van der Waals surface area contributed by atoms with Crippen LogP contribution in [0, 0.1) is 0 Å². The molecule has 0 radical (unpaired) electrons. The van der Waals surface area contributed by atoms with Crippen molar-refractivity contribution in [3.05, 3.63) is 53.1 Å². The van der Waals surface area contributed by atoms with Gasteiger partial charge < -0.3 is 5.11 Å². The second-order valence-electron chi connectivity index (χ2n) is 4.90. The smallest absolute Gasteiger partial charge is 0.119 e. The maximum atomic E-state index is 10.0. The van der Waals surface area contributed by atoms with E-state index < -0.39 is 0 Å². The van der Waals surface area contributed by atoms with Gasteiger partial charge in [0.2, 0.25) is 0 Å². The van der Waals surface area contributed by atoms with Crippen molar-refractivity contribution in [2.75, 3.05) is 0 Å². The summed E-state index contributed by atoms with van der Waals surface area (Å²) < 4.78 is 0. The third-order valence-corrected chi connectivity index (χ3v) is 3.68. The molecule has 0 atom stereocenters. The Bertz CT molecular complexity index is 548. The summed E-state index contributed by atoms with van der Waals surface area (Å²) in [6.45, 7) is 6.45. The molecule has 0 unspecified atom stereocenters. The van der Waals surface area contributed by atoms with Crippen LogP contribution in [0.15, 0.2) is 36.4 Å². The summed E-state index contributed by atoms with van der Waals surface area (Å²) in [6, 6.07) is 12.6. The Labute approximate surface area is 115 Å². The average Bonchev–Trinajstić information content (AvgIpc) is 2.46. The van der Waals surface area contributed by atoms with Gasteiger partial charge in [0.05, 0.1) is 0 Å². The molecule has 0 amide bonds. The average molecular weight is 254 g/mol. The van der Waals surface area contributed by atoms with Gasteiger partial charge in [-0.3, -0.25) is 0 Å². The number of aromatic hydroxyl groups is 1. The monoisotopic (exact) mass is 254 g/mol. The van der Waals surface area contributed by atoms with Crippen LogP contribution in [0.5, 0.6) is 5.75 Å². The largest absolute Gasteiger partial charge is 0.508 e. The first-order valence-electron chi connectivity index (χ1n) is 7.13. The highest BCUT2D eigenvalue weighted by atomic mass is 16.3. The van der Waals surface area contributed by atoms with Gasteiger partial charge in [-0.2, -0.15) is 0 Å². The highest BCUT2D eigenvalue weighted by Crippen LogP contribution is 2.31. The molecule has 100 valence electrons. The Morgan fingerprint density at radius 2 is 1.47 bits per heavy atom. The van der Waals surface area contributed by atoms with Crippen LogP contribution in [0.3, 0.4) is 0 Å². The van der Waals surface area contributed by atoms with Gasteiger partial charge in [-0.1, -0.05) is 51.1 Å². The maximum absolute atomic E-state index is 10.0. The van der Waals surface area contributed by atoms with Crippen LogP contribution in [-0.4, -0.2) is 5.11 Å². The van der Waals surface area contributed by atoms with E-state index in [1.54, 1.807) is 6.07 Å². The van der Waals surface area contributed by atoms with Crippen LogP contribution >= 0.6 is 0 Å². The number of aryl methyl sites for hydroxylation is 2. The summed E-state index contributed by atoms with van der Waals surface area (Å²) >= 11 is 0. The van der Waals surface area contributed by atoms with Crippen LogP contribution in [0.1, 0.15) is 37.5 Å². The van der Waals surface area contributed by atoms with Gasteiger partial charge in [-0.05, 0) is 47.6 Å². The van der Waals surface area contributed by atoms with Crippen LogP contribution in [0.4, 0.5) is 0 Å². The van der Waals surface area contributed by atoms with E-state index in [0.29, 0.717) is 5.75 Å². The van der Waals surface area contributed by atoms with E-state index in [9.17, 15) is 5.11 Å². The molecule has 0 fully saturated rings. The van der Waals surface area contributed by atoms with Gasteiger partial charge in [0.1, 0.15) is 5.75 Å². The first-order chi connectivity index (χ1) is 9.19. The predicted octanol–water partition coefficient (Wildman–Crippen LogP) is 4.75. The summed E-state index contributed by atoms with van der Waals surface area (Å²) in [7, 11) is 0. The van der Waals surface area contributed by atoms with E-state index in [2.05, 4.69) is 45.0 Å². The van der Waals surface area contributed by atoms with E-state index in [0.717, 1.165) is 30.4 Å². The van der Waals surface area contributed by atoms with Crippen molar-refractivity contribution in [1.82, 2.24) is 0 Å². The zero-order valence-corrected chi connectivity index (χ0v) is 12.0. The molecule has 1 N–H and O–H groups in total. The molecule has 0 aromatic heterocycles. The third-order valence-electron chi connectivity index (χ3n) is 3.68. The summed E-state index contributed by atoms with van der Waals surface area (Å²) in [4.78, 5) is 0. The molecule has 2 aromatic carbocycles. The second-order valence-corrected chi connectivity index (χ2v) is 4.90. The minimum atomic E-state index is 0.403. The zero-order valence-electron chi connectivity index (χ0n) is 12.0. The van der Waals surface area contributed by atoms with E-state index in [1.807, 2.05) is 6.07 Å². The standard InChI is InChI=1S/C18H22O/c1-4-13-10-14(5-2)12-15(11-13)17-8-7-9-18(19)16(17)6-3/h7-12,19H,4-6H2,1-3H3. The van der Waals surface area contributed by atoms with Crippen molar-refractivity contribution < 1.29 is 5.11 Å². The van der Waals surface area contributed by atoms with Crippen molar-refractivity contribution in [1.29, 1.82) is 0 Å². The molecule has 0 spiro atoms. The van der Waals surface area contributed by atoms with Crippen LogP contribution in [0.2, 0.25) is 0 Å². The lowest BCUT2D eigenvalue weighted by Gasteiger charge is -2.13. The van der Waals surface area contributed by atoms with Crippen molar-refractivity contribution in [2.45, 2.75) is 40.0 Å². The lowest BCUT2D eigenvalue weighted by atomic mass is 9.93. The van der Waals surface area contributed by atoms with Gasteiger partial charge in [-0.25, -0.2) is 0 Å². The van der Waals surface area contributed by atoms with Gasteiger partial charge in [0.25, 0.3) is 0 Å². The SMILES string of the molecule is CCc1cc(CC)cc(-c2cccc(O)c2CC)c1. The molecule has 0 saturated heterocycles. The molecule has 1 nitrogen and oxygen atoms in total. The minimum Gasteiger partial charge on any atom is -0.508 e. The minimum absolute atomic E-state index is 0.403. The predicted molar refractivity (Wildman–Crippen MR) is 81.7 cm³/mol. The van der Waals surface area contributed by atoms with Crippen molar-refractivity contribution >= 4 is 0 Å². The number of rotatable bonds is 4. The van der Waals surface area contributed by atoms with Crippen molar-refractivity contribution in [3.63, 3.8) is 0 Å². The molecule has 0 aliphatic carbocycles. The summed E-state index contributed by atoms with van der Waals surface area (Å²) in [6.07, 6.45) is 2.93. The lowest BCUT2D eigenvalue weighted by molar-refractivity contribution is 0.469. The number of phenols is 1. The number of benzene rings is 2. The summed E-state index contributed by atoms with van der Waals surface area (Å²) in [5.41, 5.74) is 6.15. The Hall–Kier alpha value is -1.76. The Morgan fingerprint density at radius 3 is 2.00 bits per heavy atom. The van der Waals surface area contributed by atoms with Gasteiger partial charge in [0, 0.05) is 5.56 Å². The molecular formula is C18H22O.